The summed E-state index contributed by atoms with van der Waals surface area (Å²) >= 11 is 0. The van der Waals surface area contributed by atoms with E-state index >= 15 is 0 Å². The maximum Gasteiger partial charge on any atom is 0.338 e. The molecule has 0 spiro atoms. The summed E-state index contributed by atoms with van der Waals surface area (Å²) in [6.45, 7) is 2.88. The molecular formula is C22H26N2O5S. The lowest BCUT2D eigenvalue weighted by molar-refractivity contribution is 0.0599. The van der Waals surface area contributed by atoms with Crippen molar-refractivity contribution in [1.82, 2.24) is 4.31 Å². The third-order valence-electron chi connectivity index (χ3n) is 5.26. The number of methoxy groups -OCH3 is 1. The molecule has 1 heterocycles. The molecule has 0 atom stereocenters. The highest BCUT2D eigenvalue weighted by molar-refractivity contribution is 7.88. The maximum absolute atomic E-state index is 12.6. The van der Waals surface area contributed by atoms with Gasteiger partial charge in [-0.25, -0.2) is 17.5 Å². The molecule has 1 fully saturated rings. The first-order valence-electron chi connectivity index (χ1n) is 9.88. The van der Waals surface area contributed by atoms with Crippen LogP contribution < -0.4 is 5.32 Å². The molecule has 2 aromatic carbocycles. The number of esters is 1. The molecule has 0 aliphatic carbocycles. The molecule has 1 aliphatic heterocycles. The highest BCUT2D eigenvalue weighted by atomic mass is 32.2. The van der Waals surface area contributed by atoms with Crippen LogP contribution in [0.5, 0.6) is 0 Å². The van der Waals surface area contributed by atoms with Crippen molar-refractivity contribution in [1.29, 1.82) is 0 Å². The topological polar surface area (TPSA) is 92.8 Å². The molecule has 8 heteroatoms. The number of nitrogens with one attached hydrogen (secondary N) is 1. The Labute approximate surface area is 177 Å². The van der Waals surface area contributed by atoms with Gasteiger partial charge in [0.05, 0.1) is 18.4 Å². The SMILES string of the molecule is COC(=O)c1cccc(NC(=O)c2ccc(CS(=O)(=O)N3CCCCC3)cc2)c1C. The minimum absolute atomic E-state index is 0.0742. The molecular weight excluding hydrogens is 404 g/mol. The Bertz CT molecular complexity index is 1030. The Kier molecular flexibility index (Phi) is 6.89. The summed E-state index contributed by atoms with van der Waals surface area (Å²) in [6, 6.07) is 11.5. The van der Waals surface area contributed by atoms with E-state index in [4.69, 9.17) is 4.74 Å². The normalized spacial score (nSPS) is 14.9. The van der Waals surface area contributed by atoms with Gasteiger partial charge >= 0.3 is 5.97 Å². The first-order chi connectivity index (χ1) is 14.3. The fraction of sp³-hybridized carbons (Fsp3) is 0.364. The fourth-order valence-corrected chi connectivity index (χ4v) is 5.10. The molecule has 7 nitrogen and oxygen atoms in total. The fourth-order valence-electron chi connectivity index (χ4n) is 3.49. The van der Waals surface area contributed by atoms with E-state index in [2.05, 4.69) is 5.32 Å². The summed E-state index contributed by atoms with van der Waals surface area (Å²) in [5.41, 5.74) is 2.55. The summed E-state index contributed by atoms with van der Waals surface area (Å²) in [6.07, 6.45) is 2.86. The van der Waals surface area contributed by atoms with Gasteiger partial charge in [-0.2, -0.15) is 0 Å². The third-order valence-corrected chi connectivity index (χ3v) is 7.11. The zero-order chi connectivity index (χ0) is 21.7. The number of ether oxygens (including phenoxy) is 1. The molecule has 0 aromatic heterocycles. The first-order valence-corrected chi connectivity index (χ1v) is 11.5. The molecule has 1 amide bonds. The van der Waals surface area contributed by atoms with Gasteiger partial charge in [-0.05, 0) is 55.2 Å². The van der Waals surface area contributed by atoms with Gasteiger partial charge in [0.1, 0.15) is 0 Å². The van der Waals surface area contributed by atoms with Gasteiger partial charge in [0, 0.05) is 24.3 Å². The summed E-state index contributed by atoms with van der Waals surface area (Å²) in [5, 5.41) is 2.79. The minimum Gasteiger partial charge on any atom is -0.465 e. The van der Waals surface area contributed by atoms with Gasteiger partial charge in [0.2, 0.25) is 10.0 Å². The maximum atomic E-state index is 12.6. The first kappa shape index (κ1) is 22.0. The van der Waals surface area contributed by atoms with Crippen LogP contribution in [0.15, 0.2) is 42.5 Å². The van der Waals surface area contributed by atoms with Crippen molar-refractivity contribution in [3.63, 3.8) is 0 Å². The zero-order valence-electron chi connectivity index (χ0n) is 17.2. The summed E-state index contributed by atoms with van der Waals surface area (Å²) in [4.78, 5) is 24.4. The number of benzene rings is 2. The summed E-state index contributed by atoms with van der Waals surface area (Å²) in [7, 11) is -2.04. The number of hydrogen-bond acceptors (Lipinski definition) is 5. The van der Waals surface area contributed by atoms with Gasteiger partial charge < -0.3 is 10.1 Å². The molecule has 0 saturated carbocycles. The van der Waals surface area contributed by atoms with Crippen LogP contribution >= 0.6 is 0 Å². The molecule has 1 saturated heterocycles. The second kappa shape index (κ2) is 9.40. The predicted molar refractivity (Wildman–Crippen MR) is 115 cm³/mol. The molecule has 1 aliphatic rings. The van der Waals surface area contributed by atoms with Crippen LogP contribution in [0.25, 0.3) is 0 Å². The molecule has 0 unspecified atom stereocenters. The lowest BCUT2D eigenvalue weighted by atomic mass is 10.1. The van der Waals surface area contributed by atoms with Gasteiger partial charge in [0.25, 0.3) is 5.91 Å². The Morgan fingerprint density at radius 1 is 1.03 bits per heavy atom. The number of anilines is 1. The van der Waals surface area contributed by atoms with Gasteiger partial charge in [0.15, 0.2) is 0 Å². The quantitative estimate of drug-likeness (QED) is 0.710. The number of sulfonamides is 1. The number of nitrogens with zero attached hydrogens (tertiary/aromatic N) is 1. The number of rotatable bonds is 6. The summed E-state index contributed by atoms with van der Waals surface area (Å²) in [5.74, 6) is -0.886. The number of hydrogen-bond donors (Lipinski definition) is 1. The highest BCUT2D eigenvalue weighted by Gasteiger charge is 2.24. The van der Waals surface area contributed by atoms with Crippen LogP contribution in [0.3, 0.4) is 0 Å². The average molecular weight is 431 g/mol. The van der Waals surface area contributed by atoms with Crippen LogP contribution in [0, 0.1) is 6.92 Å². The van der Waals surface area contributed by atoms with E-state index in [1.54, 1.807) is 53.7 Å². The van der Waals surface area contributed by atoms with Crippen molar-refractivity contribution < 1.29 is 22.7 Å². The van der Waals surface area contributed by atoms with Crippen LogP contribution in [-0.2, 0) is 20.5 Å². The van der Waals surface area contributed by atoms with Crippen molar-refractivity contribution in [2.75, 3.05) is 25.5 Å². The standard InChI is InChI=1S/C22H26N2O5S/c1-16-19(22(26)29-2)7-6-8-20(16)23-21(25)18-11-9-17(10-12-18)15-30(27,28)24-13-4-3-5-14-24/h6-12H,3-5,13-15H2,1-2H3,(H,23,25). The molecule has 1 N–H and O–H groups in total. The Hall–Kier alpha value is -2.71. The van der Waals surface area contributed by atoms with Crippen molar-refractivity contribution in [3.05, 3.63) is 64.7 Å². The second-order valence-electron chi connectivity index (χ2n) is 7.34. The number of piperidine rings is 1. The summed E-state index contributed by atoms with van der Waals surface area (Å²) < 4.78 is 31.5. The Morgan fingerprint density at radius 2 is 1.70 bits per heavy atom. The van der Waals surface area contributed by atoms with E-state index in [1.807, 2.05) is 0 Å². The van der Waals surface area contributed by atoms with Crippen LogP contribution in [-0.4, -0.2) is 44.8 Å². The molecule has 160 valence electrons. The van der Waals surface area contributed by atoms with Crippen molar-refractivity contribution >= 4 is 27.6 Å². The third kappa shape index (κ3) is 5.06. The molecule has 30 heavy (non-hydrogen) atoms. The predicted octanol–water partition coefficient (Wildman–Crippen LogP) is 3.35. The lowest BCUT2D eigenvalue weighted by Crippen LogP contribution is -2.36. The van der Waals surface area contributed by atoms with E-state index in [-0.39, 0.29) is 11.7 Å². The second-order valence-corrected chi connectivity index (χ2v) is 9.31. The molecule has 0 radical (unpaired) electrons. The van der Waals surface area contributed by atoms with Crippen molar-refractivity contribution in [3.8, 4) is 0 Å². The average Bonchev–Trinajstić information content (AvgIpc) is 2.75. The minimum atomic E-state index is -3.35. The number of carbonyl (C=O) groups is 2. The van der Waals surface area contributed by atoms with E-state index < -0.39 is 16.0 Å². The Balaban J connectivity index is 1.69. The monoisotopic (exact) mass is 430 g/mol. The Morgan fingerprint density at radius 3 is 2.33 bits per heavy atom. The smallest absolute Gasteiger partial charge is 0.338 e. The number of amides is 1. The zero-order valence-corrected chi connectivity index (χ0v) is 18.0. The molecule has 3 rings (SSSR count). The van der Waals surface area contributed by atoms with Gasteiger partial charge in [-0.1, -0.05) is 24.6 Å². The largest absolute Gasteiger partial charge is 0.465 e. The van der Waals surface area contributed by atoms with Crippen molar-refractivity contribution in [2.45, 2.75) is 31.9 Å². The molecule has 2 aromatic rings. The number of carbonyl (C=O) groups excluding carboxylic acids is 2. The van der Waals surface area contributed by atoms with E-state index in [1.165, 1.54) is 7.11 Å². The van der Waals surface area contributed by atoms with Crippen LogP contribution in [0.2, 0.25) is 0 Å². The van der Waals surface area contributed by atoms with E-state index in [9.17, 15) is 18.0 Å². The lowest BCUT2D eigenvalue weighted by Gasteiger charge is -2.25. The van der Waals surface area contributed by atoms with Crippen LogP contribution in [0.1, 0.15) is 51.1 Å². The van der Waals surface area contributed by atoms with E-state index in [0.29, 0.717) is 41.0 Å². The van der Waals surface area contributed by atoms with Crippen molar-refractivity contribution in [2.24, 2.45) is 0 Å². The van der Waals surface area contributed by atoms with Gasteiger partial charge in [-0.15, -0.1) is 0 Å². The van der Waals surface area contributed by atoms with Crippen LogP contribution in [0.4, 0.5) is 5.69 Å². The van der Waals surface area contributed by atoms with E-state index in [0.717, 1.165) is 19.3 Å². The molecule has 0 bridgehead atoms. The van der Waals surface area contributed by atoms with Gasteiger partial charge in [-0.3, -0.25) is 4.79 Å². The highest BCUT2D eigenvalue weighted by Crippen LogP contribution is 2.21.